The highest BCUT2D eigenvalue weighted by molar-refractivity contribution is 5.31. The lowest BCUT2D eigenvalue weighted by atomic mass is 9.99. The van der Waals surface area contributed by atoms with Crippen molar-refractivity contribution in [2.45, 2.75) is 25.8 Å². The lowest BCUT2D eigenvalue weighted by Crippen LogP contribution is -2.25. The van der Waals surface area contributed by atoms with E-state index in [4.69, 9.17) is 15.2 Å². The second-order valence-electron chi connectivity index (χ2n) is 5.10. The van der Waals surface area contributed by atoms with E-state index in [9.17, 15) is 0 Å². The maximum Gasteiger partial charge on any atom is 0.119 e. The van der Waals surface area contributed by atoms with Crippen molar-refractivity contribution in [1.29, 1.82) is 0 Å². The van der Waals surface area contributed by atoms with Crippen LogP contribution in [0.4, 0.5) is 0 Å². The first kappa shape index (κ1) is 15.4. The fourth-order valence-corrected chi connectivity index (χ4v) is 2.41. The van der Waals surface area contributed by atoms with Crippen molar-refractivity contribution in [3.8, 4) is 11.5 Å². The van der Waals surface area contributed by atoms with Crippen molar-refractivity contribution in [2.75, 3.05) is 13.7 Å². The van der Waals surface area contributed by atoms with Crippen molar-refractivity contribution >= 4 is 0 Å². The molecule has 0 heterocycles. The van der Waals surface area contributed by atoms with Crippen molar-refractivity contribution in [3.05, 3.63) is 59.7 Å². The summed E-state index contributed by atoms with van der Waals surface area (Å²) in [5.74, 6) is 1.78. The van der Waals surface area contributed by atoms with E-state index in [0.29, 0.717) is 6.61 Å². The zero-order chi connectivity index (χ0) is 15.1. The third-order valence-corrected chi connectivity index (χ3v) is 3.34. The summed E-state index contributed by atoms with van der Waals surface area (Å²) in [5.41, 5.74) is 8.67. The summed E-state index contributed by atoms with van der Waals surface area (Å²) in [5, 5.41) is 0. The third-order valence-electron chi connectivity index (χ3n) is 3.34. The lowest BCUT2D eigenvalue weighted by molar-refractivity contribution is 0.340. The molecule has 1 unspecified atom stereocenters. The normalized spacial score (nSPS) is 12.0. The van der Waals surface area contributed by atoms with Crippen LogP contribution < -0.4 is 15.2 Å². The van der Waals surface area contributed by atoms with E-state index in [1.54, 1.807) is 7.11 Å². The molecular formula is C18H23NO2. The number of hydrogen-bond acceptors (Lipinski definition) is 3. The van der Waals surface area contributed by atoms with Crippen LogP contribution in [0.15, 0.2) is 48.5 Å². The van der Waals surface area contributed by atoms with Gasteiger partial charge < -0.3 is 15.2 Å². The maximum absolute atomic E-state index is 6.27. The predicted molar refractivity (Wildman–Crippen MR) is 86.0 cm³/mol. The van der Waals surface area contributed by atoms with Crippen LogP contribution in [0.5, 0.6) is 11.5 Å². The van der Waals surface area contributed by atoms with Crippen LogP contribution in [-0.4, -0.2) is 19.8 Å². The molecule has 2 N–H and O–H groups in total. The van der Waals surface area contributed by atoms with Gasteiger partial charge in [-0.25, -0.2) is 0 Å². The monoisotopic (exact) mass is 285 g/mol. The highest BCUT2D eigenvalue weighted by Gasteiger charge is 2.07. The van der Waals surface area contributed by atoms with Gasteiger partial charge in [0.1, 0.15) is 11.5 Å². The van der Waals surface area contributed by atoms with Crippen LogP contribution in [0.25, 0.3) is 0 Å². The Hall–Kier alpha value is -2.00. The predicted octanol–water partition coefficient (Wildman–Crippen LogP) is 3.21. The molecule has 0 aliphatic heterocycles. The molecule has 0 bridgehead atoms. The first-order valence-corrected chi connectivity index (χ1v) is 7.31. The Morgan fingerprint density at radius 3 is 2.10 bits per heavy atom. The third kappa shape index (κ3) is 4.80. The molecule has 1 atom stereocenters. The van der Waals surface area contributed by atoms with Gasteiger partial charge in [-0.15, -0.1) is 0 Å². The van der Waals surface area contributed by atoms with Gasteiger partial charge in [0, 0.05) is 6.04 Å². The number of rotatable bonds is 7. The molecule has 3 heteroatoms. The molecule has 0 saturated carbocycles. The van der Waals surface area contributed by atoms with E-state index in [0.717, 1.165) is 24.3 Å². The SMILES string of the molecule is CCOc1cccc(CC(N)Cc2cccc(OC)c2)c1. The quantitative estimate of drug-likeness (QED) is 0.849. The molecule has 2 aromatic carbocycles. The Bertz CT molecular complexity index is 569. The molecule has 2 rings (SSSR count). The average molecular weight is 285 g/mol. The number of nitrogens with two attached hydrogens (primary N) is 1. The number of ether oxygens (including phenoxy) is 2. The minimum Gasteiger partial charge on any atom is -0.497 e. The second kappa shape index (κ2) is 7.70. The van der Waals surface area contributed by atoms with Gasteiger partial charge in [-0.1, -0.05) is 24.3 Å². The van der Waals surface area contributed by atoms with Crippen LogP contribution in [0.2, 0.25) is 0 Å². The minimum atomic E-state index is 0.0778. The van der Waals surface area contributed by atoms with Gasteiger partial charge >= 0.3 is 0 Å². The molecule has 0 aliphatic carbocycles. The molecule has 21 heavy (non-hydrogen) atoms. The topological polar surface area (TPSA) is 44.5 Å². The van der Waals surface area contributed by atoms with E-state index in [2.05, 4.69) is 18.2 Å². The van der Waals surface area contributed by atoms with E-state index in [1.807, 2.05) is 37.3 Å². The number of benzene rings is 2. The van der Waals surface area contributed by atoms with Gasteiger partial charge in [-0.05, 0) is 55.2 Å². The van der Waals surface area contributed by atoms with Gasteiger partial charge in [0.15, 0.2) is 0 Å². The van der Waals surface area contributed by atoms with E-state index < -0.39 is 0 Å². The molecule has 0 spiro atoms. The number of hydrogen-bond donors (Lipinski definition) is 1. The summed E-state index contributed by atoms with van der Waals surface area (Å²) in [6.07, 6.45) is 1.66. The lowest BCUT2D eigenvalue weighted by Gasteiger charge is -2.13. The minimum absolute atomic E-state index is 0.0778. The van der Waals surface area contributed by atoms with Crippen LogP contribution >= 0.6 is 0 Å². The molecule has 0 radical (unpaired) electrons. The Kier molecular flexibility index (Phi) is 5.64. The molecule has 3 nitrogen and oxygen atoms in total. The molecule has 0 fully saturated rings. The molecule has 0 aromatic heterocycles. The zero-order valence-electron chi connectivity index (χ0n) is 12.7. The maximum atomic E-state index is 6.27. The average Bonchev–Trinajstić information content (AvgIpc) is 2.48. The fourth-order valence-electron chi connectivity index (χ4n) is 2.41. The highest BCUT2D eigenvalue weighted by Crippen LogP contribution is 2.17. The van der Waals surface area contributed by atoms with Gasteiger partial charge in [-0.2, -0.15) is 0 Å². The highest BCUT2D eigenvalue weighted by atomic mass is 16.5. The Morgan fingerprint density at radius 2 is 1.52 bits per heavy atom. The first-order valence-electron chi connectivity index (χ1n) is 7.31. The Morgan fingerprint density at radius 1 is 0.952 bits per heavy atom. The largest absolute Gasteiger partial charge is 0.497 e. The Labute approximate surface area is 126 Å². The summed E-state index contributed by atoms with van der Waals surface area (Å²) < 4.78 is 10.8. The van der Waals surface area contributed by atoms with Crippen molar-refractivity contribution in [2.24, 2.45) is 5.73 Å². The molecule has 0 saturated heterocycles. The van der Waals surface area contributed by atoms with E-state index >= 15 is 0 Å². The fraction of sp³-hybridized carbons (Fsp3) is 0.333. The molecule has 0 amide bonds. The van der Waals surface area contributed by atoms with Crippen LogP contribution in [0.3, 0.4) is 0 Å². The molecular weight excluding hydrogens is 262 g/mol. The Balaban J connectivity index is 1.97. The smallest absolute Gasteiger partial charge is 0.119 e. The van der Waals surface area contributed by atoms with Crippen molar-refractivity contribution < 1.29 is 9.47 Å². The molecule has 2 aromatic rings. The molecule has 0 aliphatic rings. The van der Waals surface area contributed by atoms with Gasteiger partial charge in [-0.3, -0.25) is 0 Å². The zero-order valence-corrected chi connectivity index (χ0v) is 12.7. The summed E-state index contributed by atoms with van der Waals surface area (Å²) in [4.78, 5) is 0. The summed E-state index contributed by atoms with van der Waals surface area (Å²) in [7, 11) is 1.68. The number of methoxy groups -OCH3 is 1. The summed E-state index contributed by atoms with van der Waals surface area (Å²) in [6, 6.07) is 16.3. The van der Waals surface area contributed by atoms with Crippen molar-refractivity contribution in [3.63, 3.8) is 0 Å². The summed E-state index contributed by atoms with van der Waals surface area (Å²) >= 11 is 0. The van der Waals surface area contributed by atoms with Crippen LogP contribution in [0.1, 0.15) is 18.1 Å². The van der Waals surface area contributed by atoms with Gasteiger partial charge in [0.05, 0.1) is 13.7 Å². The second-order valence-corrected chi connectivity index (χ2v) is 5.10. The van der Waals surface area contributed by atoms with E-state index in [-0.39, 0.29) is 6.04 Å². The van der Waals surface area contributed by atoms with Crippen LogP contribution in [0, 0.1) is 0 Å². The standard InChI is InChI=1S/C18H23NO2/c1-3-21-18-9-5-7-15(13-18)11-16(19)10-14-6-4-8-17(12-14)20-2/h4-9,12-13,16H,3,10-11,19H2,1-2H3. The van der Waals surface area contributed by atoms with Gasteiger partial charge in [0.25, 0.3) is 0 Å². The van der Waals surface area contributed by atoms with Gasteiger partial charge in [0.2, 0.25) is 0 Å². The van der Waals surface area contributed by atoms with Crippen molar-refractivity contribution in [1.82, 2.24) is 0 Å². The van der Waals surface area contributed by atoms with E-state index in [1.165, 1.54) is 11.1 Å². The molecule has 112 valence electrons. The van der Waals surface area contributed by atoms with Crippen LogP contribution in [-0.2, 0) is 12.8 Å². The summed E-state index contributed by atoms with van der Waals surface area (Å²) in [6.45, 7) is 2.67. The first-order chi connectivity index (χ1) is 10.2.